The number of aromatic nitrogens is 4. The monoisotopic (exact) mass is 247 g/mol. The Labute approximate surface area is 108 Å². The average molecular weight is 247 g/mol. The Morgan fingerprint density at radius 3 is 2.78 bits per heavy atom. The molecule has 0 radical (unpaired) electrons. The number of aromatic amines is 1. The molecule has 98 valence electrons. The second kappa shape index (κ2) is 5.35. The normalized spacial score (nSPS) is 13.2. The third-order valence-corrected chi connectivity index (χ3v) is 3.10. The predicted molar refractivity (Wildman–Crippen MR) is 71.1 cm³/mol. The number of hydrogen-bond acceptors (Lipinski definition) is 3. The van der Waals surface area contributed by atoms with Crippen molar-refractivity contribution in [3.8, 4) is 0 Å². The Kier molecular flexibility index (Phi) is 3.81. The number of hydrogen-bond donors (Lipinski definition) is 2. The average Bonchev–Trinajstić information content (AvgIpc) is 2.94. The summed E-state index contributed by atoms with van der Waals surface area (Å²) in [5.74, 6) is 0.451. The van der Waals surface area contributed by atoms with Crippen LogP contribution in [0.4, 0.5) is 0 Å². The van der Waals surface area contributed by atoms with E-state index in [1.54, 1.807) is 0 Å². The first kappa shape index (κ1) is 12.8. The fourth-order valence-electron chi connectivity index (χ4n) is 2.06. The van der Waals surface area contributed by atoms with Gasteiger partial charge in [-0.15, -0.1) is 0 Å². The summed E-state index contributed by atoms with van der Waals surface area (Å²) in [6.45, 7) is 7.31. The van der Waals surface area contributed by atoms with Gasteiger partial charge in [-0.1, -0.05) is 13.8 Å². The lowest BCUT2D eigenvalue weighted by Crippen LogP contribution is -2.18. The van der Waals surface area contributed by atoms with Crippen LogP contribution in [0.3, 0.4) is 0 Å². The third kappa shape index (κ3) is 2.79. The highest BCUT2D eigenvalue weighted by Gasteiger charge is 2.12. The van der Waals surface area contributed by atoms with Crippen LogP contribution in [-0.4, -0.2) is 20.0 Å². The van der Waals surface area contributed by atoms with E-state index in [9.17, 15) is 0 Å². The molecule has 0 aliphatic rings. The molecule has 1 atom stereocenters. The van der Waals surface area contributed by atoms with Gasteiger partial charge in [0.25, 0.3) is 0 Å². The quantitative estimate of drug-likeness (QED) is 0.851. The van der Waals surface area contributed by atoms with Gasteiger partial charge in [0.1, 0.15) is 0 Å². The van der Waals surface area contributed by atoms with E-state index in [-0.39, 0.29) is 6.04 Å². The van der Waals surface area contributed by atoms with Crippen molar-refractivity contribution >= 4 is 0 Å². The summed E-state index contributed by atoms with van der Waals surface area (Å²) in [7, 11) is 1.97. The predicted octanol–water partition coefficient (Wildman–Crippen LogP) is 2.12. The van der Waals surface area contributed by atoms with E-state index in [1.165, 1.54) is 16.8 Å². The lowest BCUT2D eigenvalue weighted by molar-refractivity contribution is 0.570. The van der Waals surface area contributed by atoms with E-state index in [2.05, 4.69) is 47.6 Å². The van der Waals surface area contributed by atoms with Crippen molar-refractivity contribution in [1.29, 1.82) is 0 Å². The Morgan fingerprint density at radius 1 is 1.39 bits per heavy atom. The second-order valence-corrected chi connectivity index (χ2v) is 5.00. The number of H-pyrrole nitrogens is 1. The number of nitrogens with one attached hydrogen (secondary N) is 2. The van der Waals surface area contributed by atoms with Gasteiger partial charge in [0.05, 0.1) is 11.9 Å². The SMILES string of the molecule is CC(C)c1nn(C)cc1CNC(C)c1cn[nH]c1. The summed E-state index contributed by atoms with van der Waals surface area (Å²) < 4.78 is 1.88. The molecule has 0 bridgehead atoms. The summed E-state index contributed by atoms with van der Waals surface area (Å²) in [5, 5.41) is 14.8. The standard InChI is InChI=1S/C13H21N5/c1-9(2)13-12(8-18(4)17-13)5-14-10(3)11-6-15-16-7-11/h6-10,14H,5H2,1-4H3,(H,15,16). The van der Waals surface area contributed by atoms with Gasteiger partial charge in [0.15, 0.2) is 0 Å². The molecule has 0 spiro atoms. The zero-order valence-electron chi connectivity index (χ0n) is 11.4. The molecule has 0 aromatic carbocycles. The van der Waals surface area contributed by atoms with Crippen LogP contribution in [-0.2, 0) is 13.6 Å². The van der Waals surface area contributed by atoms with E-state index in [0.29, 0.717) is 5.92 Å². The summed E-state index contributed by atoms with van der Waals surface area (Å²) in [6, 6.07) is 0.281. The largest absolute Gasteiger partial charge is 0.306 e. The molecule has 2 aromatic heterocycles. The van der Waals surface area contributed by atoms with Crippen LogP contribution in [0.1, 0.15) is 49.6 Å². The van der Waals surface area contributed by atoms with Crippen molar-refractivity contribution in [3.63, 3.8) is 0 Å². The van der Waals surface area contributed by atoms with E-state index >= 15 is 0 Å². The van der Waals surface area contributed by atoms with Gasteiger partial charge < -0.3 is 5.32 Å². The first-order valence-corrected chi connectivity index (χ1v) is 6.32. The topological polar surface area (TPSA) is 58.5 Å². The first-order chi connectivity index (χ1) is 8.58. The maximum absolute atomic E-state index is 4.51. The van der Waals surface area contributed by atoms with Crippen LogP contribution in [0.2, 0.25) is 0 Å². The van der Waals surface area contributed by atoms with Gasteiger partial charge in [-0.3, -0.25) is 9.78 Å². The highest BCUT2D eigenvalue weighted by atomic mass is 15.3. The highest BCUT2D eigenvalue weighted by molar-refractivity contribution is 5.20. The molecule has 2 heterocycles. The minimum Gasteiger partial charge on any atom is -0.306 e. The molecule has 0 saturated carbocycles. The molecule has 5 heteroatoms. The molecule has 0 aliphatic carbocycles. The van der Waals surface area contributed by atoms with Crippen molar-refractivity contribution in [2.75, 3.05) is 0 Å². The molecular weight excluding hydrogens is 226 g/mol. The van der Waals surface area contributed by atoms with Gasteiger partial charge in [0.2, 0.25) is 0 Å². The molecule has 0 saturated heterocycles. The summed E-state index contributed by atoms with van der Waals surface area (Å²) in [4.78, 5) is 0. The van der Waals surface area contributed by atoms with Crippen molar-refractivity contribution in [2.24, 2.45) is 7.05 Å². The van der Waals surface area contributed by atoms with Crippen LogP contribution < -0.4 is 5.32 Å². The number of rotatable bonds is 5. The van der Waals surface area contributed by atoms with Crippen LogP contribution in [0.25, 0.3) is 0 Å². The van der Waals surface area contributed by atoms with E-state index < -0.39 is 0 Å². The van der Waals surface area contributed by atoms with Gasteiger partial charge in [-0.05, 0) is 12.8 Å². The molecule has 2 rings (SSSR count). The summed E-state index contributed by atoms with van der Waals surface area (Å²) >= 11 is 0. The van der Waals surface area contributed by atoms with E-state index in [4.69, 9.17) is 0 Å². The summed E-state index contributed by atoms with van der Waals surface area (Å²) in [6.07, 6.45) is 5.86. The van der Waals surface area contributed by atoms with E-state index in [1.807, 2.05) is 24.1 Å². The number of aryl methyl sites for hydroxylation is 1. The molecule has 5 nitrogen and oxygen atoms in total. The van der Waals surface area contributed by atoms with Gasteiger partial charge in [-0.25, -0.2) is 0 Å². The molecule has 0 aliphatic heterocycles. The van der Waals surface area contributed by atoms with Crippen LogP contribution in [0.5, 0.6) is 0 Å². The third-order valence-electron chi connectivity index (χ3n) is 3.10. The minimum atomic E-state index is 0.281. The minimum absolute atomic E-state index is 0.281. The highest BCUT2D eigenvalue weighted by Crippen LogP contribution is 2.18. The fourth-order valence-corrected chi connectivity index (χ4v) is 2.06. The molecular formula is C13H21N5. The van der Waals surface area contributed by atoms with E-state index in [0.717, 1.165) is 6.54 Å². The Bertz CT molecular complexity index is 483. The second-order valence-electron chi connectivity index (χ2n) is 5.00. The van der Waals surface area contributed by atoms with Gasteiger partial charge >= 0.3 is 0 Å². The van der Waals surface area contributed by atoms with Gasteiger partial charge in [-0.2, -0.15) is 10.2 Å². The molecule has 0 fully saturated rings. The van der Waals surface area contributed by atoms with Crippen molar-refractivity contribution < 1.29 is 0 Å². The Hall–Kier alpha value is -1.62. The lowest BCUT2D eigenvalue weighted by atomic mass is 10.1. The fraction of sp³-hybridized carbons (Fsp3) is 0.538. The first-order valence-electron chi connectivity index (χ1n) is 6.32. The molecule has 0 amide bonds. The smallest absolute Gasteiger partial charge is 0.0694 e. The van der Waals surface area contributed by atoms with Crippen LogP contribution in [0.15, 0.2) is 18.6 Å². The lowest BCUT2D eigenvalue weighted by Gasteiger charge is -2.12. The molecule has 2 aromatic rings. The zero-order chi connectivity index (χ0) is 13.1. The molecule has 18 heavy (non-hydrogen) atoms. The Balaban J connectivity index is 2.02. The van der Waals surface area contributed by atoms with Crippen LogP contribution in [0, 0.1) is 0 Å². The van der Waals surface area contributed by atoms with Crippen molar-refractivity contribution in [3.05, 3.63) is 35.4 Å². The van der Waals surface area contributed by atoms with Gasteiger partial charge in [0, 0.05) is 43.2 Å². The summed E-state index contributed by atoms with van der Waals surface area (Å²) in [5.41, 5.74) is 3.61. The number of nitrogens with zero attached hydrogens (tertiary/aromatic N) is 3. The van der Waals surface area contributed by atoms with Crippen LogP contribution >= 0.6 is 0 Å². The molecule has 2 N–H and O–H groups in total. The maximum Gasteiger partial charge on any atom is 0.0694 e. The Morgan fingerprint density at radius 2 is 2.17 bits per heavy atom. The zero-order valence-corrected chi connectivity index (χ0v) is 11.4. The maximum atomic E-state index is 4.51. The van der Waals surface area contributed by atoms with Crippen molar-refractivity contribution in [1.82, 2.24) is 25.3 Å². The van der Waals surface area contributed by atoms with Crippen molar-refractivity contribution in [2.45, 2.75) is 39.3 Å². The molecule has 1 unspecified atom stereocenters.